The minimum atomic E-state index is -5.08. The molecule has 124 valence electrons. The smallest absolute Gasteiger partial charge is 0.351 e. The molecule has 0 atom stereocenters. The Kier molecular flexibility index (Phi) is 5.15. The molecule has 1 heterocycles. The zero-order valence-corrected chi connectivity index (χ0v) is 14.4. The van der Waals surface area contributed by atoms with Gasteiger partial charge in [-0.05, 0) is 53.9 Å². The van der Waals surface area contributed by atoms with Gasteiger partial charge in [0.05, 0.1) is 0 Å². The maximum atomic E-state index is 11.8. The fourth-order valence-electron chi connectivity index (χ4n) is 2.63. The van der Waals surface area contributed by atoms with Crippen LogP contribution in [-0.2, 0) is 9.13 Å². The van der Waals surface area contributed by atoms with E-state index in [0.29, 0.717) is 17.6 Å². The molecule has 1 aliphatic carbocycles. The summed E-state index contributed by atoms with van der Waals surface area (Å²) in [6, 6.07) is 0. The molecular formula is C12H19NO6P2S. The lowest BCUT2D eigenvalue weighted by atomic mass is 9.95. The summed E-state index contributed by atoms with van der Waals surface area (Å²) in [5, 5.41) is 2.98. The summed E-state index contributed by atoms with van der Waals surface area (Å²) in [6.45, 7) is 0.281. The third kappa shape index (κ3) is 3.15. The van der Waals surface area contributed by atoms with Gasteiger partial charge >= 0.3 is 15.2 Å². The van der Waals surface area contributed by atoms with E-state index in [0.717, 1.165) is 36.3 Å². The predicted molar refractivity (Wildman–Crippen MR) is 86.8 cm³/mol. The van der Waals surface area contributed by atoms with Crippen LogP contribution in [0.3, 0.4) is 0 Å². The number of unbranched alkanes of at least 4 members (excludes halogenated alkanes) is 1. The fourth-order valence-corrected chi connectivity index (χ4v) is 5.45. The third-order valence-corrected chi connectivity index (χ3v) is 8.05. The van der Waals surface area contributed by atoms with Gasteiger partial charge in [-0.25, -0.2) is 0 Å². The molecule has 0 aromatic carbocycles. The quantitative estimate of drug-likeness (QED) is 0.239. The first-order valence-electron chi connectivity index (χ1n) is 6.72. The Morgan fingerprint density at radius 1 is 1.14 bits per heavy atom. The summed E-state index contributed by atoms with van der Waals surface area (Å²) < 4.78 is 23.6. The first-order valence-corrected chi connectivity index (χ1v) is 10.6. The standard InChI is InChI=1S/C12H19NO6P2S/c14-20(15,16)12(21(17,18)19)5-10-8-13-7-9(11(10)6-12)3-1-2-4-22/h5-7,13,22H,1-4,8H2,(H2,14,15,16)(H2,17,18,19). The molecule has 0 radical (unpaired) electrons. The number of allylic oxidation sites excluding steroid dienone is 3. The average Bonchev–Trinajstić information content (AvgIpc) is 2.80. The average molecular weight is 367 g/mol. The van der Waals surface area contributed by atoms with Crippen LogP contribution in [0.2, 0.25) is 0 Å². The Balaban J connectivity index is 2.45. The van der Waals surface area contributed by atoms with Crippen molar-refractivity contribution >= 4 is 27.8 Å². The molecule has 0 aromatic rings. The largest absolute Gasteiger partial charge is 0.387 e. The van der Waals surface area contributed by atoms with Crippen molar-refractivity contribution in [2.75, 3.05) is 12.3 Å². The molecule has 1 aliphatic heterocycles. The number of fused-ring (bicyclic) bond motifs is 1. The Bertz CT molecular complexity index is 622. The van der Waals surface area contributed by atoms with E-state index in [4.69, 9.17) is 0 Å². The van der Waals surface area contributed by atoms with E-state index in [2.05, 4.69) is 17.9 Å². The first-order chi connectivity index (χ1) is 10.1. The van der Waals surface area contributed by atoms with Crippen molar-refractivity contribution in [2.24, 2.45) is 0 Å². The lowest BCUT2D eigenvalue weighted by molar-refractivity contribution is 0.333. The van der Waals surface area contributed by atoms with Crippen LogP contribution in [0.1, 0.15) is 19.3 Å². The summed E-state index contributed by atoms with van der Waals surface area (Å²) in [7, 11) is -10.2. The van der Waals surface area contributed by atoms with Crippen LogP contribution in [0.25, 0.3) is 0 Å². The summed E-state index contributed by atoms with van der Waals surface area (Å²) in [5.41, 5.74) is 1.82. The van der Waals surface area contributed by atoms with Crippen LogP contribution in [-0.4, -0.2) is 36.8 Å². The molecular weight excluding hydrogens is 348 g/mol. The highest BCUT2D eigenvalue weighted by Gasteiger charge is 2.60. The van der Waals surface area contributed by atoms with Crippen LogP contribution in [0, 0.1) is 0 Å². The van der Waals surface area contributed by atoms with Crippen LogP contribution >= 0.6 is 27.8 Å². The van der Waals surface area contributed by atoms with E-state index in [9.17, 15) is 28.7 Å². The normalized spacial score (nSPS) is 20.7. The Morgan fingerprint density at radius 3 is 2.32 bits per heavy atom. The predicted octanol–water partition coefficient (Wildman–Crippen LogP) is 1.49. The van der Waals surface area contributed by atoms with Crippen LogP contribution in [0.4, 0.5) is 0 Å². The van der Waals surface area contributed by atoms with Gasteiger partial charge in [0.15, 0.2) is 0 Å². The summed E-state index contributed by atoms with van der Waals surface area (Å²) in [4.78, 5) is 35.6. The van der Waals surface area contributed by atoms with Gasteiger partial charge < -0.3 is 24.9 Å². The van der Waals surface area contributed by atoms with Gasteiger partial charge in [-0.2, -0.15) is 12.6 Å². The second-order valence-corrected chi connectivity index (χ2v) is 9.79. The molecule has 2 aliphatic rings. The topological polar surface area (TPSA) is 127 Å². The Morgan fingerprint density at radius 2 is 1.77 bits per heavy atom. The van der Waals surface area contributed by atoms with Crippen molar-refractivity contribution in [3.05, 3.63) is 35.1 Å². The summed E-state index contributed by atoms with van der Waals surface area (Å²) >= 11 is 4.13. The van der Waals surface area contributed by atoms with Crippen LogP contribution < -0.4 is 5.32 Å². The van der Waals surface area contributed by atoms with E-state index in [-0.39, 0.29) is 6.54 Å². The van der Waals surface area contributed by atoms with Gasteiger partial charge in [0.2, 0.25) is 4.90 Å². The highest BCUT2D eigenvalue weighted by molar-refractivity contribution is 7.80. The maximum Gasteiger partial charge on any atom is 0.351 e. The molecule has 0 saturated heterocycles. The van der Waals surface area contributed by atoms with Crippen LogP contribution in [0.15, 0.2) is 35.1 Å². The highest BCUT2D eigenvalue weighted by atomic mass is 32.1. The van der Waals surface area contributed by atoms with E-state index >= 15 is 0 Å². The Labute approximate surface area is 133 Å². The van der Waals surface area contributed by atoms with E-state index in [1.165, 1.54) is 0 Å². The second-order valence-electron chi connectivity index (χ2n) is 5.33. The summed E-state index contributed by atoms with van der Waals surface area (Å²) in [5.74, 6) is 0.733. The van der Waals surface area contributed by atoms with Gasteiger partial charge in [0.1, 0.15) is 0 Å². The molecule has 0 amide bonds. The monoisotopic (exact) mass is 367 g/mol. The maximum absolute atomic E-state index is 11.8. The molecule has 22 heavy (non-hydrogen) atoms. The molecule has 0 spiro atoms. The van der Waals surface area contributed by atoms with Gasteiger partial charge in [0, 0.05) is 12.7 Å². The molecule has 10 heteroatoms. The SMILES string of the molecule is O=P(O)(O)C1(P(=O)(O)O)C=C2CNC=C(CCCCS)C2=C1. The minimum Gasteiger partial charge on any atom is -0.387 e. The number of thiol groups is 1. The zero-order valence-electron chi connectivity index (χ0n) is 11.7. The van der Waals surface area contributed by atoms with E-state index in [1.54, 1.807) is 6.20 Å². The van der Waals surface area contributed by atoms with Crippen molar-refractivity contribution in [3.63, 3.8) is 0 Å². The molecule has 0 fully saturated rings. The van der Waals surface area contributed by atoms with E-state index in [1.807, 2.05) is 0 Å². The molecule has 0 saturated carbocycles. The Hall–Kier alpha value is -0.330. The lowest BCUT2D eigenvalue weighted by Gasteiger charge is -2.27. The third-order valence-electron chi connectivity index (χ3n) is 3.79. The molecule has 5 N–H and O–H groups in total. The molecule has 0 bridgehead atoms. The molecule has 0 aromatic heterocycles. The van der Waals surface area contributed by atoms with Gasteiger partial charge in [-0.1, -0.05) is 0 Å². The van der Waals surface area contributed by atoms with Gasteiger partial charge in [-0.3, -0.25) is 9.13 Å². The van der Waals surface area contributed by atoms with Gasteiger partial charge in [0.25, 0.3) is 0 Å². The summed E-state index contributed by atoms with van der Waals surface area (Å²) in [6.07, 6.45) is 6.18. The fraction of sp³-hybridized carbons (Fsp3) is 0.500. The number of nitrogens with one attached hydrogen (secondary N) is 1. The first kappa shape index (κ1) is 18.0. The van der Waals surface area contributed by atoms with Crippen molar-refractivity contribution < 1.29 is 28.7 Å². The lowest BCUT2D eigenvalue weighted by Crippen LogP contribution is -2.22. The minimum absolute atomic E-state index is 0.281. The number of hydrogen-bond donors (Lipinski definition) is 6. The number of rotatable bonds is 6. The van der Waals surface area contributed by atoms with Crippen molar-refractivity contribution in [1.82, 2.24) is 5.32 Å². The van der Waals surface area contributed by atoms with Crippen molar-refractivity contribution in [2.45, 2.75) is 24.2 Å². The number of hydrogen-bond acceptors (Lipinski definition) is 4. The van der Waals surface area contributed by atoms with E-state index < -0.39 is 20.1 Å². The molecule has 0 unspecified atom stereocenters. The molecule has 7 nitrogen and oxygen atoms in total. The zero-order chi connectivity index (χ0) is 16.6. The van der Waals surface area contributed by atoms with Crippen LogP contribution in [0.5, 0.6) is 0 Å². The molecule has 2 rings (SSSR count). The van der Waals surface area contributed by atoms with Crippen molar-refractivity contribution in [1.29, 1.82) is 0 Å². The highest BCUT2D eigenvalue weighted by Crippen LogP contribution is 2.73. The van der Waals surface area contributed by atoms with Crippen molar-refractivity contribution in [3.8, 4) is 0 Å². The van der Waals surface area contributed by atoms with Gasteiger partial charge in [-0.15, -0.1) is 0 Å². The second kappa shape index (κ2) is 6.29.